The first-order chi connectivity index (χ1) is 18.8. The van der Waals surface area contributed by atoms with Crippen LogP contribution in [0.3, 0.4) is 0 Å². The lowest BCUT2D eigenvalue weighted by Gasteiger charge is -2.39. The number of halogens is 1. The van der Waals surface area contributed by atoms with Crippen molar-refractivity contribution in [2.75, 3.05) is 26.3 Å². The lowest BCUT2D eigenvalue weighted by atomic mass is 9.70. The molecule has 0 aromatic heterocycles. The minimum absolute atomic E-state index is 0.163. The maximum absolute atomic E-state index is 14.4. The Morgan fingerprint density at radius 1 is 1.31 bits per heavy atom. The molecule has 4 rings (SSSR count). The van der Waals surface area contributed by atoms with E-state index in [0.717, 1.165) is 18.4 Å². The highest BCUT2D eigenvalue weighted by Gasteiger charge is 2.77. The van der Waals surface area contributed by atoms with Crippen LogP contribution in [0.25, 0.3) is 0 Å². The second kappa shape index (κ2) is 12.8. The van der Waals surface area contributed by atoms with Gasteiger partial charge in [-0.2, -0.15) is 0 Å². The number of benzene rings is 1. The van der Waals surface area contributed by atoms with Crippen molar-refractivity contribution in [1.29, 1.82) is 0 Å². The first kappa shape index (κ1) is 29.5. The number of hydrogen-bond donors (Lipinski definition) is 1. The second-order valence-electron chi connectivity index (χ2n) is 10.6. The third-order valence-corrected chi connectivity index (χ3v) is 9.01. The summed E-state index contributed by atoms with van der Waals surface area (Å²) < 4.78 is 12.1. The van der Waals surface area contributed by atoms with Gasteiger partial charge < -0.3 is 24.4 Å². The number of aliphatic hydroxyl groups is 1. The van der Waals surface area contributed by atoms with Gasteiger partial charge >= 0.3 is 5.97 Å². The normalized spacial score (nSPS) is 29.7. The van der Waals surface area contributed by atoms with Crippen molar-refractivity contribution in [2.45, 2.75) is 67.6 Å². The average molecular weight is 604 g/mol. The zero-order valence-corrected chi connectivity index (χ0v) is 24.1. The van der Waals surface area contributed by atoms with E-state index in [9.17, 15) is 19.5 Å². The number of nitrogens with zero attached hydrogens (tertiary/aromatic N) is 2. The van der Waals surface area contributed by atoms with Gasteiger partial charge in [-0.25, -0.2) is 0 Å². The maximum atomic E-state index is 14.4. The molecule has 3 unspecified atom stereocenters. The van der Waals surface area contributed by atoms with Gasteiger partial charge in [0.05, 0.1) is 37.2 Å². The highest BCUT2D eigenvalue weighted by molar-refractivity contribution is 9.09. The number of rotatable bonds is 14. The highest BCUT2D eigenvalue weighted by Crippen LogP contribution is 2.60. The van der Waals surface area contributed by atoms with Gasteiger partial charge in [-0.05, 0) is 31.2 Å². The maximum Gasteiger partial charge on any atom is 0.312 e. The monoisotopic (exact) mass is 602 g/mol. The second-order valence-corrected chi connectivity index (χ2v) is 11.8. The molecule has 2 amide bonds. The molecule has 1 aromatic carbocycles. The Labute approximate surface area is 239 Å². The smallest absolute Gasteiger partial charge is 0.312 e. The zero-order chi connectivity index (χ0) is 28.2. The number of fused-ring (bicyclic) bond motifs is 1. The number of aliphatic hydroxyl groups excluding tert-OH is 1. The van der Waals surface area contributed by atoms with Crippen LogP contribution in [0, 0.1) is 11.8 Å². The van der Waals surface area contributed by atoms with Crippen molar-refractivity contribution in [3.63, 3.8) is 0 Å². The molecular formula is C30H39BrN2O6. The zero-order valence-electron chi connectivity index (χ0n) is 22.5. The van der Waals surface area contributed by atoms with Crippen molar-refractivity contribution in [1.82, 2.24) is 9.80 Å². The van der Waals surface area contributed by atoms with E-state index in [0.29, 0.717) is 32.4 Å². The number of amides is 2. The van der Waals surface area contributed by atoms with E-state index >= 15 is 0 Å². The van der Waals surface area contributed by atoms with Crippen molar-refractivity contribution in [2.24, 2.45) is 11.8 Å². The van der Waals surface area contributed by atoms with Crippen LogP contribution in [0.5, 0.6) is 0 Å². The Hall–Kier alpha value is -2.49. The number of ether oxygens (including phenoxy) is 2. The fourth-order valence-corrected chi connectivity index (χ4v) is 7.40. The van der Waals surface area contributed by atoms with E-state index in [1.165, 1.54) is 4.90 Å². The Morgan fingerprint density at radius 2 is 2.05 bits per heavy atom. The standard InChI is InChI=1S/C30H39BrN2O6/c1-4-7-15-32(14-6-3)28(36)26-30-18-22(31)25(39-30)23(29(37)38-16-8-5-2)24(30)27(35)33(26)21(19-34)17-20-12-10-9-11-13-20/h5-6,9-13,21-26,34H,2-4,7-8,14-19H2,1H3/t21-,22?,23-,24+,25-,26?,30?/m1/s1. The SMILES string of the molecule is C=CCCOC(=O)[C@H]1[C@@H]2OC3(CC2Br)C(C(=O)N(CC=C)CCCC)N([C@@H](CO)Cc2ccccc2)C(=O)[C@H]13. The van der Waals surface area contributed by atoms with Gasteiger partial charge in [-0.15, -0.1) is 13.2 Å². The number of likely N-dealkylation sites (tertiary alicyclic amines) is 1. The molecule has 3 aliphatic heterocycles. The van der Waals surface area contributed by atoms with Gasteiger partial charge in [-0.3, -0.25) is 14.4 Å². The fraction of sp³-hybridized carbons (Fsp3) is 0.567. The summed E-state index contributed by atoms with van der Waals surface area (Å²) in [5.74, 6) is -2.81. The van der Waals surface area contributed by atoms with Gasteiger partial charge in [0.15, 0.2) is 0 Å². The largest absolute Gasteiger partial charge is 0.465 e. The Bertz CT molecular complexity index is 1070. The van der Waals surface area contributed by atoms with Gasteiger partial charge in [0.1, 0.15) is 11.6 Å². The van der Waals surface area contributed by atoms with Crippen LogP contribution < -0.4 is 0 Å². The summed E-state index contributed by atoms with van der Waals surface area (Å²) in [4.78, 5) is 45.1. The molecule has 3 saturated heterocycles. The molecule has 8 nitrogen and oxygen atoms in total. The lowest BCUT2D eigenvalue weighted by molar-refractivity contribution is -0.156. The molecule has 9 heteroatoms. The first-order valence-corrected chi connectivity index (χ1v) is 14.7. The third-order valence-electron chi connectivity index (χ3n) is 8.16. The molecule has 0 aliphatic carbocycles. The molecule has 0 radical (unpaired) electrons. The molecule has 0 saturated carbocycles. The molecule has 2 bridgehead atoms. The Kier molecular flexibility index (Phi) is 9.67. The Balaban J connectivity index is 1.76. The van der Waals surface area contributed by atoms with Crippen LogP contribution in [-0.2, 0) is 30.3 Å². The van der Waals surface area contributed by atoms with Crippen molar-refractivity contribution in [3.8, 4) is 0 Å². The van der Waals surface area contributed by atoms with Gasteiger partial charge in [0, 0.05) is 17.9 Å². The molecule has 1 aromatic rings. The van der Waals surface area contributed by atoms with Gasteiger partial charge in [0.2, 0.25) is 11.8 Å². The van der Waals surface area contributed by atoms with Crippen LogP contribution in [0.1, 0.15) is 38.2 Å². The third kappa shape index (κ3) is 5.45. The average Bonchev–Trinajstić information content (AvgIpc) is 3.53. The predicted molar refractivity (Wildman–Crippen MR) is 151 cm³/mol. The summed E-state index contributed by atoms with van der Waals surface area (Å²) in [5, 5.41) is 10.6. The first-order valence-electron chi connectivity index (χ1n) is 13.8. The van der Waals surface area contributed by atoms with Crippen LogP contribution in [0.15, 0.2) is 55.6 Å². The van der Waals surface area contributed by atoms with E-state index in [1.54, 1.807) is 17.1 Å². The molecule has 39 heavy (non-hydrogen) atoms. The molecular weight excluding hydrogens is 564 g/mol. The minimum Gasteiger partial charge on any atom is -0.465 e. The number of carbonyl (C=O) groups is 3. The van der Waals surface area contributed by atoms with Crippen LogP contribution >= 0.6 is 15.9 Å². The van der Waals surface area contributed by atoms with Crippen molar-refractivity contribution >= 4 is 33.7 Å². The van der Waals surface area contributed by atoms with E-state index in [1.807, 2.05) is 30.3 Å². The summed E-state index contributed by atoms with van der Waals surface area (Å²) in [7, 11) is 0. The molecule has 1 N–H and O–H groups in total. The number of alkyl halides is 1. The minimum atomic E-state index is -1.20. The van der Waals surface area contributed by atoms with E-state index in [2.05, 4.69) is 36.0 Å². The number of carbonyl (C=O) groups excluding carboxylic acids is 3. The van der Waals surface area contributed by atoms with Gasteiger partial charge in [-0.1, -0.05) is 71.8 Å². The molecule has 212 valence electrons. The van der Waals surface area contributed by atoms with E-state index < -0.39 is 41.6 Å². The summed E-state index contributed by atoms with van der Waals surface area (Å²) >= 11 is 3.68. The lowest BCUT2D eigenvalue weighted by Crippen LogP contribution is -2.59. The van der Waals surface area contributed by atoms with Crippen LogP contribution in [0.4, 0.5) is 0 Å². The molecule has 3 aliphatic rings. The molecule has 7 atom stereocenters. The summed E-state index contributed by atoms with van der Waals surface area (Å²) in [6, 6.07) is 7.92. The van der Waals surface area contributed by atoms with Crippen LogP contribution in [0.2, 0.25) is 0 Å². The summed E-state index contributed by atoms with van der Waals surface area (Å²) in [6.07, 6.45) is 5.71. The quantitative estimate of drug-likeness (QED) is 0.152. The number of unbranched alkanes of at least 4 members (excludes halogenated alkanes) is 1. The fourth-order valence-electron chi connectivity index (χ4n) is 6.45. The molecule has 3 heterocycles. The Morgan fingerprint density at radius 3 is 2.69 bits per heavy atom. The predicted octanol–water partition coefficient (Wildman–Crippen LogP) is 3.27. The number of hydrogen-bond acceptors (Lipinski definition) is 6. The molecule has 3 fully saturated rings. The summed E-state index contributed by atoms with van der Waals surface area (Å²) in [5.41, 5.74) is -0.270. The van der Waals surface area contributed by atoms with Crippen molar-refractivity contribution in [3.05, 3.63) is 61.2 Å². The van der Waals surface area contributed by atoms with Crippen molar-refractivity contribution < 1.29 is 29.0 Å². The van der Waals surface area contributed by atoms with Crippen LogP contribution in [-0.4, -0.2) is 87.6 Å². The topological polar surface area (TPSA) is 96.4 Å². The summed E-state index contributed by atoms with van der Waals surface area (Å²) in [6.45, 7) is 10.2. The van der Waals surface area contributed by atoms with E-state index in [-0.39, 0.29) is 29.9 Å². The number of esters is 1. The molecule has 1 spiro atoms. The van der Waals surface area contributed by atoms with Gasteiger partial charge in [0.25, 0.3) is 0 Å². The van der Waals surface area contributed by atoms with E-state index in [4.69, 9.17) is 9.47 Å². The highest BCUT2D eigenvalue weighted by atomic mass is 79.9.